The van der Waals surface area contributed by atoms with E-state index in [4.69, 9.17) is 10.5 Å². The molecule has 4 heteroatoms. The predicted octanol–water partition coefficient (Wildman–Crippen LogP) is 4.15. The fraction of sp³-hybridized carbons (Fsp3) is 0.611. The first-order chi connectivity index (χ1) is 10.5. The maximum Gasteiger partial charge on any atom is 0.411 e. The van der Waals surface area contributed by atoms with Crippen LogP contribution in [0.25, 0.3) is 0 Å². The number of hydrogen-bond donors (Lipinski definition) is 2. The second-order valence-corrected chi connectivity index (χ2v) is 6.76. The fourth-order valence-corrected chi connectivity index (χ4v) is 3.35. The molecule has 1 aliphatic carbocycles. The SMILES string of the molecule is CC1CCC(C(C)C)C(OC(=O)Nc2ccccc2CN)C1. The van der Waals surface area contributed by atoms with Crippen molar-refractivity contribution < 1.29 is 9.53 Å². The highest BCUT2D eigenvalue weighted by molar-refractivity contribution is 5.85. The molecule has 0 bridgehead atoms. The second-order valence-electron chi connectivity index (χ2n) is 6.76. The minimum Gasteiger partial charge on any atom is -0.446 e. The van der Waals surface area contributed by atoms with Gasteiger partial charge in [0.15, 0.2) is 0 Å². The Morgan fingerprint density at radius 1 is 1.36 bits per heavy atom. The summed E-state index contributed by atoms with van der Waals surface area (Å²) >= 11 is 0. The highest BCUT2D eigenvalue weighted by Gasteiger charge is 2.33. The Morgan fingerprint density at radius 3 is 2.77 bits per heavy atom. The van der Waals surface area contributed by atoms with Gasteiger partial charge in [0.2, 0.25) is 0 Å². The smallest absolute Gasteiger partial charge is 0.411 e. The van der Waals surface area contributed by atoms with E-state index in [1.54, 1.807) is 0 Å². The topological polar surface area (TPSA) is 64.3 Å². The molecule has 1 aliphatic rings. The maximum absolute atomic E-state index is 12.2. The number of nitrogens with two attached hydrogens (primary N) is 1. The molecule has 1 saturated carbocycles. The highest BCUT2D eigenvalue weighted by atomic mass is 16.6. The minimum atomic E-state index is -0.370. The number of para-hydroxylation sites is 1. The zero-order valence-electron chi connectivity index (χ0n) is 13.8. The average Bonchev–Trinajstić information content (AvgIpc) is 2.47. The van der Waals surface area contributed by atoms with Crippen molar-refractivity contribution in [1.29, 1.82) is 0 Å². The Labute approximate surface area is 133 Å². The van der Waals surface area contributed by atoms with Crippen LogP contribution in [-0.4, -0.2) is 12.2 Å². The van der Waals surface area contributed by atoms with Crippen LogP contribution in [0.5, 0.6) is 0 Å². The van der Waals surface area contributed by atoms with E-state index in [0.29, 0.717) is 24.3 Å². The minimum absolute atomic E-state index is 0.00814. The van der Waals surface area contributed by atoms with E-state index in [-0.39, 0.29) is 12.2 Å². The van der Waals surface area contributed by atoms with Crippen molar-refractivity contribution in [3.05, 3.63) is 29.8 Å². The van der Waals surface area contributed by atoms with Gasteiger partial charge in [-0.2, -0.15) is 0 Å². The molecule has 1 aromatic carbocycles. The lowest BCUT2D eigenvalue weighted by atomic mass is 9.75. The second kappa shape index (κ2) is 7.63. The van der Waals surface area contributed by atoms with Crippen LogP contribution in [-0.2, 0) is 11.3 Å². The number of nitrogens with one attached hydrogen (secondary N) is 1. The van der Waals surface area contributed by atoms with Crippen molar-refractivity contribution in [1.82, 2.24) is 0 Å². The van der Waals surface area contributed by atoms with Crippen LogP contribution in [0.3, 0.4) is 0 Å². The van der Waals surface area contributed by atoms with E-state index in [1.165, 1.54) is 6.42 Å². The predicted molar refractivity (Wildman–Crippen MR) is 89.6 cm³/mol. The standard InChI is InChI=1S/C18H28N2O2/c1-12(2)15-9-8-13(3)10-17(15)22-18(21)20-16-7-5-4-6-14(16)11-19/h4-7,12-13,15,17H,8-11,19H2,1-3H3,(H,20,21). The normalized spacial score (nSPS) is 25.0. The molecule has 3 N–H and O–H groups in total. The Hall–Kier alpha value is -1.55. The monoisotopic (exact) mass is 304 g/mol. The van der Waals surface area contributed by atoms with Gasteiger partial charge in [0.25, 0.3) is 0 Å². The third-order valence-corrected chi connectivity index (χ3v) is 4.69. The van der Waals surface area contributed by atoms with E-state index in [2.05, 4.69) is 26.1 Å². The number of carbonyl (C=O) groups excluding carboxylic acids is 1. The van der Waals surface area contributed by atoms with Crippen LogP contribution < -0.4 is 11.1 Å². The third kappa shape index (κ3) is 4.23. The summed E-state index contributed by atoms with van der Waals surface area (Å²) < 4.78 is 5.75. The number of anilines is 1. The summed E-state index contributed by atoms with van der Waals surface area (Å²) in [6.07, 6.45) is 2.95. The molecule has 1 fully saturated rings. The summed E-state index contributed by atoms with van der Waals surface area (Å²) in [5, 5.41) is 2.84. The average molecular weight is 304 g/mol. The zero-order chi connectivity index (χ0) is 16.1. The van der Waals surface area contributed by atoms with Gasteiger partial charge in [-0.1, -0.05) is 45.4 Å². The summed E-state index contributed by atoms with van der Waals surface area (Å²) in [6.45, 7) is 7.04. The number of rotatable bonds is 4. The number of benzene rings is 1. The van der Waals surface area contributed by atoms with Crippen molar-refractivity contribution in [2.24, 2.45) is 23.5 Å². The molecular weight excluding hydrogens is 276 g/mol. The van der Waals surface area contributed by atoms with Gasteiger partial charge in [0, 0.05) is 12.2 Å². The van der Waals surface area contributed by atoms with Crippen LogP contribution in [0.15, 0.2) is 24.3 Å². The third-order valence-electron chi connectivity index (χ3n) is 4.69. The molecule has 0 aliphatic heterocycles. The summed E-state index contributed by atoms with van der Waals surface area (Å²) in [7, 11) is 0. The number of carbonyl (C=O) groups is 1. The molecule has 0 saturated heterocycles. The van der Waals surface area contributed by atoms with E-state index >= 15 is 0 Å². The molecule has 3 unspecified atom stereocenters. The van der Waals surface area contributed by atoms with E-state index in [9.17, 15) is 4.79 Å². The van der Waals surface area contributed by atoms with Crippen LogP contribution in [0, 0.1) is 17.8 Å². The van der Waals surface area contributed by atoms with Gasteiger partial charge in [0.1, 0.15) is 6.10 Å². The van der Waals surface area contributed by atoms with Crippen molar-refractivity contribution >= 4 is 11.8 Å². The molecule has 0 heterocycles. The van der Waals surface area contributed by atoms with Crippen LogP contribution in [0.2, 0.25) is 0 Å². The number of amides is 1. The number of ether oxygens (including phenoxy) is 1. The first kappa shape index (κ1) is 16.8. The molecule has 2 rings (SSSR count). The molecule has 122 valence electrons. The molecule has 0 radical (unpaired) electrons. The lowest BCUT2D eigenvalue weighted by Crippen LogP contribution is -2.37. The van der Waals surface area contributed by atoms with Crippen LogP contribution in [0.1, 0.15) is 45.6 Å². The van der Waals surface area contributed by atoms with E-state index in [1.807, 2.05) is 24.3 Å². The molecule has 4 nitrogen and oxygen atoms in total. The molecular formula is C18H28N2O2. The summed E-state index contributed by atoms with van der Waals surface area (Å²) in [5.74, 6) is 1.59. The van der Waals surface area contributed by atoms with Gasteiger partial charge < -0.3 is 10.5 Å². The lowest BCUT2D eigenvalue weighted by molar-refractivity contribution is 0.0126. The van der Waals surface area contributed by atoms with Crippen LogP contribution in [0.4, 0.5) is 10.5 Å². The maximum atomic E-state index is 12.2. The van der Waals surface area contributed by atoms with E-state index in [0.717, 1.165) is 24.1 Å². The van der Waals surface area contributed by atoms with Crippen molar-refractivity contribution in [2.45, 2.75) is 52.7 Å². The Morgan fingerprint density at radius 2 is 2.09 bits per heavy atom. The quantitative estimate of drug-likeness (QED) is 0.878. The largest absolute Gasteiger partial charge is 0.446 e. The van der Waals surface area contributed by atoms with Gasteiger partial charge in [-0.05, 0) is 42.2 Å². The molecule has 1 amide bonds. The van der Waals surface area contributed by atoms with Crippen molar-refractivity contribution in [2.75, 3.05) is 5.32 Å². The molecule has 0 aromatic heterocycles. The van der Waals surface area contributed by atoms with Crippen molar-refractivity contribution in [3.63, 3.8) is 0 Å². The summed E-state index contributed by atoms with van der Waals surface area (Å²) in [5.41, 5.74) is 7.35. The summed E-state index contributed by atoms with van der Waals surface area (Å²) in [4.78, 5) is 12.2. The molecule has 1 aromatic rings. The molecule has 3 atom stereocenters. The van der Waals surface area contributed by atoms with Gasteiger partial charge >= 0.3 is 6.09 Å². The van der Waals surface area contributed by atoms with E-state index < -0.39 is 0 Å². The van der Waals surface area contributed by atoms with Crippen molar-refractivity contribution in [3.8, 4) is 0 Å². The lowest BCUT2D eigenvalue weighted by Gasteiger charge is -2.36. The molecule has 0 spiro atoms. The Kier molecular flexibility index (Phi) is 5.83. The van der Waals surface area contributed by atoms with Crippen LogP contribution >= 0.6 is 0 Å². The number of hydrogen-bond acceptors (Lipinski definition) is 3. The zero-order valence-corrected chi connectivity index (χ0v) is 13.8. The first-order valence-electron chi connectivity index (χ1n) is 8.26. The summed E-state index contributed by atoms with van der Waals surface area (Å²) in [6, 6.07) is 7.56. The molecule has 22 heavy (non-hydrogen) atoms. The highest BCUT2D eigenvalue weighted by Crippen LogP contribution is 2.35. The van der Waals surface area contributed by atoms with Gasteiger partial charge in [0.05, 0.1) is 0 Å². The Bertz CT molecular complexity index is 502. The fourth-order valence-electron chi connectivity index (χ4n) is 3.35. The Balaban J connectivity index is 2.00. The van der Waals surface area contributed by atoms with Gasteiger partial charge in [-0.3, -0.25) is 5.32 Å². The van der Waals surface area contributed by atoms with Gasteiger partial charge in [-0.15, -0.1) is 0 Å². The first-order valence-corrected chi connectivity index (χ1v) is 8.26. The van der Waals surface area contributed by atoms with Gasteiger partial charge in [-0.25, -0.2) is 4.79 Å².